The molecule has 0 saturated carbocycles. The van der Waals surface area contributed by atoms with Gasteiger partial charge in [0.05, 0.1) is 5.52 Å². The molecule has 21 heavy (non-hydrogen) atoms. The fraction of sp³-hybridized carbons (Fsp3) is 0.312. The Hall–Kier alpha value is -2.43. The molecule has 2 heterocycles. The van der Waals surface area contributed by atoms with E-state index < -0.39 is 6.04 Å². The molecule has 0 radical (unpaired) electrons. The number of aromatic nitrogens is 1. The molecule has 5 nitrogen and oxygen atoms in total. The summed E-state index contributed by atoms with van der Waals surface area (Å²) in [6.45, 7) is 2.64. The number of benzene rings is 1. The summed E-state index contributed by atoms with van der Waals surface area (Å²) < 4.78 is 0. The Bertz CT molecular complexity index is 693. The summed E-state index contributed by atoms with van der Waals surface area (Å²) in [5, 5.41) is 3.75. The van der Waals surface area contributed by atoms with Gasteiger partial charge in [0.1, 0.15) is 6.04 Å². The summed E-state index contributed by atoms with van der Waals surface area (Å²) >= 11 is 0. The van der Waals surface area contributed by atoms with Gasteiger partial charge in [-0.05, 0) is 18.6 Å². The molecule has 1 aromatic carbocycles. The number of carbonyl (C=O) groups is 2. The van der Waals surface area contributed by atoms with Crippen LogP contribution in [0.4, 0.5) is 0 Å². The van der Waals surface area contributed by atoms with E-state index >= 15 is 0 Å². The minimum atomic E-state index is -0.470. The second kappa shape index (κ2) is 5.52. The van der Waals surface area contributed by atoms with Crippen LogP contribution in [0.25, 0.3) is 10.9 Å². The van der Waals surface area contributed by atoms with Gasteiger partial charge in [-0.3, -0.25) is 14.6 Å². The number of nitrogens with one attached hydrogen (secondary N) is 1. The van der Waals surface area contributed by atoms with Crippen molar-refractivity contribution >= 4 is 22.7 Å². The van der Waals surface area contributed by atoms with Crippen LogP contribution in [0.15, 0.2) is 36.5 Å². The second-order valence-electron chi connectivity index (χ2n) is 5.29. The van der Waals surface area contributed by atoms with E-state index in [0.29, 0.717) is 19.5 Å². The molecule has 1 aliphatic heterocycles. The molecule has 1 unspecified atom stereocenters. The van der Waals surface area contributed by atoms with Crippen molar-refractivity contribution in [3.63, 3.8) is 0 Å². The Balaban J connectivity index is 1.90. The minimum absolute atomic E-state index is 0.0474. The molecule has 1 N–H and O–H groups in total. The second-order valence-corrected chi connectivity index (χ2v) is 5.29. The van der Waals surface area contributed by atoms with E-state index in [4.69, 9.17) is 0 Å². The molecule has 2 amide bonds. The zero-order valence-corrected chi connectivity index (χ0v) is 11.9. The number of rotatable bonds is 2. The Morgan fingerprint density at radius 2 is 2.10 bits per heavy atom. The number of nitrogens with zero attached hydrogens (tertiary/aromatic N) is 2. The molecule has 0 bridgehead atoms. The number of hydrogen-bond donors (Lipinski definition) is 1. The van der Waals surface area contributed by atoms with Gasteiger partial charge in [0, 0.05) is 31.1 Å². The Labute approximate surface area is 123 Å². The third-order valence-electron chi connectivity index (χ3n) is 3.75. The number of amides is 2. The maximum Gasteiger partial charge on any atom is 0.245 e. The van der Waals surface area contributed by atoms with Crippen LogP contribution in [0, 0.1) is 0 Å². The van der Waals surface area contributed by atoms with Gasteiger partial charge < -0.3 is 10.2 Å². The number of hydrogen-bond acceptors (Lipinski definition) is 3. The molecule has 2 aromatic rings. The van der Waals surface area contributed by atoms with E-state index in [1.165, 1.54) is 0 Å². The molecule has 108 valence electrons. The maximum atomic E-state index is 12.3. The van der Waals surface area contributed by atoms with Gasteiger partial charge in [0.25, 0.3) is 0 Å². The van der Waals surface area contributed by atoms with E-state index in [0.717, 1.165) is 16.5 Å². The molecule has 1 aromatic heterocycles. The van der Waals surface area contributed by atoms with Crippen LogP contribution in [-0.4, -0.2) is 34.3 Å². The first-order valence-corrected chi connectivity index (χ1v) is 7.06. The van der Waals surface area contributed by atoms with E-state index in [1.807, 2.05) is 30.3 Å². The molecule has 0 aliphatic carbocycles. The van der Waals surface area contributed by atoms with Crippen LogP contribution >= 0.6 is 0 Å². The lowest BCUT2D eigenvalue weighted by atomic mass is 10.1. The largest absolute Gasteiger partial charge is 0.345 e. The van der Waals surface area contributed by atoms with Gasteiger partial charge in [-0.15, -0.1) is 0 Å². The maximum absolute atomic E-state index is 12.3. The number of para-hydroxylation sites is 1. The lowest BCUT2D eigenvalue weighted by Crippen LogP contribution is -2.42. The summed E-state index contributed by atoms with van der Waals surface area (Å²) in [4.78, 5) is 30.0. The summed E-state index contributed by atoms with van der Waals surface area (Å²) in [7, 11) is 0. The standard InChI is InChI=1S/C16H17N3O2/c1-11-16(21)19(9-7-14(20)18-11)10-13-5-2-4-12-6-3-8-17-15(12)13/h2-6,8,11H,7,9-10H2,1H3,(H,18,20). The molecule has 1 atom stereocenters. The van der Waals surface area contributed by atoms with Gasteiger partial charge in [0.2, 0.25) is 11.8 Å². The summed E-state index contributed by atoms with van der Waals surface area (Å²) in [6, 6.07) is 9.38. The van der Waals surface area contributed by atoms with Crippen LogP contribution in [0.1, 0.15) is 18.9 Å². The van der Waals surface area contributed by atoms with Crippen molar-refractivity contribution in [2.75, 3.05) is 6.54 Å². The summed E-state index contributed by atoms with van der Waals surface area (Å²) in [6.07, 6.45) is 2.10. The topological polar surface area (TPSA) is 62.3 Å². The lowest BCUT2D eigenvalue weighted by molar-refractivity contribution is -0.133. The molecular formula is C16H17N3O2. The molecule has 1 fully saturated rings. The van der Waals surface area contributed by atoms with Crippen LogP contribution < -0.4 is 5.32 Å². The monoisotopic (exact) mass is 283 g/mol. The number of carbonyl (C=O) groups excluding carboxylic acids is 2. The highest BCUT2D eigenvalue weighted by molar-refractivity contribution is 5.90. The van der Waals surface area contributed by atoms with Gasteiger partial charge in [0.15, 0.2) is 0 Å². The zero-order chi connectivity index (χ0) is 14.8. The third kappa shape index (κ3) is 2.72. The molecule has 5 heteroatoms. The quantitative estimate of drug-likeness (QED) is 0.908. The molecule has 3 rings (SSSR count). The fourth-order valence-electron chi connectivity index (χ4n) is 2.65. The van der Waals surface area contributed by atoms with E-state index in [9.17, 15) is 9.59 Å². The third-order valence-corrected chi connectivity index (χ3v) is 3.75. The Morgan fingerprint density at radius 1 is 1.29 bits per heavy atom. The molecule has 1 aliphatic rings. The minimum Gasteiger partial charge on any atom is -0.345 e. The van der Waals surface area contributed by atoms with Crippen LogP contribution in [0.5, 0.6) is 0 Å². The van der Waals surface area contributed by atoms with E-state index in [-0.39, 0.29) is 11.8 Å². The van der Waals surface area contributed by atoms with Crippen molar-refractivity contribution in [2.45, 2.75) is 25.9 Å². The average Bonchev–Trinajstić information content (AvgIpc) is 2.61. The first kappa shape index (κ1) is 13.5. The highest BCUT2D eigenvalue weighted by Gasteiger charge is 2.26. The Kier molecular flexibility index (Phi) is 3.56. The number of fused-ring (bicyclic) bond motifs is 1. The lowest BCUT2D eigenvalue weighted by Gasteiger charge is -2.22. The van der Waals surface area contributed by atoms with Gasteiger partial charge >= 0.3 is 0 Å². The van der Waals surface area contributed by atoms with E-state index in [2.05, 4.69) is 10.3 Å². The van der Waals surface area contributed by atoms with Gasteiger partial charge in [-0.1, -0.05) is 24.3 Å². The number of pyridine rings is 1. The summed E-state index contributed by atoms with van der Waals surface area (Å²) in [5.41, 5.74) is 1.91. The van der Waals surface area contributed by atoms with Crippen molar-refractivity contribution in [2.24, 2.45) is 0 Å². The van der Waals surface area contributed by atoms with Crippen molar-refractivity contribution in [1.29, 1.82) is 0 Å². The van der Waals surface area contributed by atoms with Crippen LogP contribution in [-0.2, 0) is 16.1 Å². The Morgan fingerprint density at radius 3 is 2.95 bits per heavy atom. The first-order chi connectivity index (χ1) is 10.1. The molecule has 0 spiro atoms. The van der Waals surface area contributed by atoms with Crippen molar-refractivity contribution in [3.8, 4) is 0 Å². The fourth-order valence-corrected chi connectivity index (χ4v) is 2.65. The normalized spacial score (nSPS) is 19.5. The predicted octanol–water partition coefficient (Wildman–Crippen LogP) is 1.47. The van der Waals surface area contributed by atoms with Crippen molar-refractivity contribution in [1.82, 2.24) is 15.2 Å². The highest BCUT2D eigenvalue weighted by atomic mass is 16.2. The molecule has 1 saturated heterocycles. The van der Waals surface area contributed by atoms with Crippen LogP contribution in [0.2, 0.25) is 0 Å². The highest BCUT2D eigenvalue weighted by Crippen LogP contribution is 2.18. The van der Waals surface area contributed by atoms with Crippen LogP contribution in [0.3, 0.4) is 0 Å². The SMILES string of the molecule is CC1NC(=O)CCN(Cc2cccc3cccnc23)C1=O. The first-order valence-electron chi connectivity index (χ1n) is 7.06. The predicted molar refractivity (Wildman–Crippen MR) is 79.4 cm³/mol. The average molecular weight is 283 g/mol. The van der Waals surface area contributed by atoms with Crippen molar-refractivity contribution < 1.29 is 9.59 Å². The van der Waals surface area contributed by atoms with Gasteiger partial charge in [-0.2, -0.15) is 0 Å². The van der Waals surface area contributed by atoms with Crippen molar-refractivity contribution in [3.05, 3.63) is 42.1 Å². The smallest absolute Gasteiger partial charge is 0.245 e. The molecular weight excluding hydrogens is 266 g/mol. The summed E-state index contributed by atoms with van der Waals surface area (Å²) in [5.74, 6) is -0.122. The zero-order valence-electron chi connectivity index (χ0n) is 11.9. The van der Waals surface area contributed by atoms with Gasteiger partial charge in [-0.25, -0.2) is 0 Å². The van der Waals surface area contributed by atoms with E-state index in [1.54, 1.807) is 18.0 Å².